The molecular weight excluding hydrogens is 533 g/mol. The molecule has 39 heavy (non-hydrogen) atoms. The second-order valence-corrected chi connectivity index (χ2v) is 9.52. The number of carbonyl (C=O) groups is 1. The normalized spacial score (nSPS) is 14.1. The van der Waals surface area contributed by atoms with E-state index >= 15 is 0 Å². The largest absolute Gasteiger partial charge is 0.417 e. The fraction of sp³-hybridized carbons (Fsp3) is 0.346. The summed E-state index contributed by atoms with van der Waals surface area (Å²) in [6.45, 7) is 7.02. The van der Waals surface area contributed by atoms with Gasteiger partial charge in [-0.05, 0) is 55.3 Å². The Morgan fingerprint density at radius 1 is 1.03 bits per heavy atom. The molecule has 0 bridgehead atoms. The average Bonchev–Trinajstić information content (AvgIpc) is 2.87. The van der Waals surface area contributed by atoms with Crippen LogP contribution in [0.5, 0.6) is 0 Å². The standard InChI is InChI=1S/C26H26ClF3N8O/c1-16-3-4-19(34-25(39)35-20-5-6-22(27)21(15-20)26(28,29)30)13-18(16)14-23-32-17(2)33-24(36-23)38-11-9-37(8-7-31)10-12-38/h3-6,13,15H,8-12,14H2,1-2H3,(H2,34,35,39). The number of alkyl halides is 3. The Balaban J connectivity index is 1.45. The molecule has 9 nitrogen and oxygen atoms in total. The van der Waals surface area contributed by atoms with Crippen LogP contribution < -0.4 is 15.5 Å². The highest BCUT2D eigenvalue weighted by atomic mass is 35.5. The number of nitrogens with one attached hydrogen (secondary N) is 2. The van der Waals surface area contributed by atoms with Crippen LogP contribution in [-0.2, 0) is 12.6 Å². The van der Waals surface area contributed by atoms with Gasteiger partial charge in [-0.15, -0.1) is 0 Å². The molecule has 2 aromatic carbocycles. The number of aryl methyl sites for hydroxylation is 2. The fourth-order valence-corrected chi connectivity index (χ4v) is 4.40. The predicted octanol–water partition coefficient (Wildman–Crippen LogP) is 5.04. The van der Waals surface area contributed by atoms with Gasteiger partial charge in [0.1, 0.15) is 11.6 Å². The number of carbonyl (C=O) groups excluding carboxylic acids is 1. The Bertz CT molecular complexity index is 1400. The number of nitrogens with zero attached hydrogens (tertiary/aromatic N) is 6. The van der Waals surface area contributed by atoms with Crippen molar-refractivity contribution in [3.8, 4) is 6.07 Å². The van der Waals surface area contributed by atoms with Crippen molar-refractivity contribution in [1.82, 2.24) is 19.9 Å². The minimum Gasteiger partial charge on any atom is -0.338 e. The minimum atomic E-state index is -4.64. The van der Waals surface area contributed by atoms with E-state index in [4.69, 9.17) is 16.9 Å². The first kappa shape index (κ1) is 28.1. The van der Waals surface area contributed by atoms with Crippen molar-refractivity contribution < 1.29 is 18.0 Å². The first-order valence-corrected chi connectivity index (χ1v) is 12.5. The summed E-state index contributed by atoms with van der Waals surface area (Å²) in [4.78, 5) is 30.3. The third kappa shape index (κ3) is 7.34. The summed E-state index contributed by atoms with van der Waals surface area (Å²) in [6.07, 6.45) is -4.25. The Morgan fingerprint density at radius 2 is 1.69 bits per heavy atom. The van der Waals surface area contributed by atoms with Crippen LogP contribution in [0.2, 0.25) is 5.02 Å². The summed E-state index contributed by atoms with van der Waals surface area (Å²) in [5.74, 6) is 1.74. The number of anilines is 3. The van der Waals surface area contributed by atoms with Crippen LogP contribution in [0.3, 0.4) is 0 Å². The quantitative estimate of drug-likeness (QED) is 0.408. The van der Waals surface area contributed by atoms with E-state index in [2.05, 4.69) is 41.5 Å². The van der Waals surface area contributed by atoms with Crippen LogP contribution in [0.1, 0.15) is 28.3 Å². The third-order valence-corrected chi connectivity index (χ3v) is 6.55. The number of hydrogen-bond donors (Lipinski definition) is 2. The molecule has 13 heteroatoms. The Kier molecular flexibility index (Phi) is 8.52. The van der Waals surface area contributed by atoms with Crippen LogP contribution in [0.15, 0.2) is 36.4 Å². The second-order valence-electron chi connectivity index (χ2n) is 9.11. The number of halogens is 4. The van der Waals surface area contributed by atoms with Crippen molar-refractivity contribution in [3.05, 3.63) is 69.8 Å². The molecule has 2 amide bonds. The number of aromatic nitrogens is 3. The molecule has 1 aliphatic heterocycles. The Hall–Kier alpha value is -3.95. The molecular formula is C26H26ClF3N8O. The maximum atomic E-state index is 13.1. The van der Waals surface area contributed by atoms with Crippen molar-refractivity contribution in [2.75, 3.05) is 48.3 Å². The lowest BCUT2D eigenvalue weighted by Gasteiger charge is -2.33. The molecule has 0 spiro atoms. The van der Waals surface area contributed by atoms with Crippen molar-refractivity contribution >= 4 is 35.0 Å². The molecule has 204 valence electrons. The van der Waals surface area contributed by atoms with Gasteiger partial charge in [-0.25, -0.2) is 9.78 Å². The summed E-state index contributed by atoms with van der Waals surface area (Å²) >= 11 is 5.65. The minimum absolute atomic E-state index is 0.0433. The lowest BCUT2D eigenvalue weighted by atomic mass is 10.0. The number of hydrogen-bond acceptors (Lipinski definition) is 7. The van der Waals surface area contributed by atoms with Gasteiger partial charge < -0.3 is 15.5 Å². The van der Waals surface area contributed by atoms with E-state index in [1.807, 2.05) is 13.0 Å². The van der Waals surface area contributed by atoms with E-state index in [0.29, 0.717) is 49.3 Å². The van der Waals surface area contributed by atoms with Gasteiger partial charge in [-0.1, -0.05) is 17.7 Å². The predicted molar refractivity (Wildman–Crippen MR) is 142 cm³/mol. The van der Waals surface area contributed by atoms with Crippen LogP contribution in [0.4, 0.5) is 35.3 Å². The lowest BCUT2D eigenvalue weighted by molar-refractivity contribution is -0.137. The van der Waals surface area contributed by atoms with Gasteiger partial charge in [0.05, 0.1) is 23.2 Å². The van der Waals surface area contributed by atoms with Crippen LogP contribution in [0, 0.1) is 25.2 Å². The number of piperazine rings is 1. The molecule has 0 unspecified atom stereocenters. The first-order valence-electron chi connectivity index (χ1n) is 12.1. The van der Waals surface area contributed by atoms with Crippen molar-refractivity contribution in [3.63, 3.8) is 0 Å². The molecule has 2 N–H and O–H groups in total. The zero-order valence-electron chi connectivity index (χ0n) is 21.3. The number of benzene rings is 2. The molecule has 1 saturated heterocycles. The third-order valence-electron chi connectivity index (χ3n) is 6.22. The summed E-state index contributed by atoms with van der Waals surface area (Å²) in [5, 5.41) is 13.5. The Labute approximate surface area is 228 Å². The topological polar surface area (TPSA) is 110 Å². The first-order chi connectivity index (χ1) is 18.5. The van der Waals surface area contributed by atoms with E-state index < -0.39 is 22.8 Å². The molecule has 0 atom stereocenters. The van der Waals surface area contributed by atoms with E-state index in [1.54, 1.807) is 19.1 Å². The van der Waals surface area contributed by atoms with Crippen molar-refractivity contribution in [1.29, 1.82) is 5.26 Å². The molecule has 0 aliphatic carbocycles. The van der Waals surface area contributed by atoms with E-state index in [0.717, 1.165) is 36.3 Å². The number of urea groups is 1. The van der Waals surface area contributed by atoms with Crippen LogP contribution in [0.25, 0.3) is 0 Å². The second kappa shape index (κ2) is 11.8. The smallest absolute Gasteiger partial charge is 0.338 e. The summed E-state index contributed by atoms with van der Waals surface area (Å²) in [7, 11) is 0. The summed E-state index contributed by atoms with van der Waals surface area (Å²) < 4.78 is 39.4. The van der Waals surface area contributed by atoms with Gasteiger partial charge in [0.15, 0.2) is 0 Å². The molecule has 1 fully saturated rings. The monoisotopic (exact) mass is 558 g/mol. The van der Waals surface area contributed by atoms with Gasteiger partial charge in [-0.2, -0.15) is 28.4 Å². The fourth-order valence-electron chi connectivity index (χ4n) is 4.17. The molecule has 3 aromatic rings. The molecule has 2 heterocycles. The van der Waals surface area contributed by atoms with Gasteiger partial charge in [0, 0.05) is 44.0 Å². The highest BCUT2D eigenvalue weighted by molar-refractivity contribution is 6.31. The van der Waals surface area contributed by atoms with E-state index in [-0.39, 0.29) is 5.69 Å². The molecule has 4 rings (SSSR count). The Morgan fingerprint density at radius 3 is 2.36 bits per heavy atom. The molecule has 0 radical (unpaired) electrons. The average molecular weight is 559 g/mol. The molecule has 1 aromatic heterocycles. The molecule has 0 saturated carbocycles. The van der Waals surface area contributed by atoms with Crippen molar-refractivity contribution in [2.45, 2.75) is 26.4 Å². The van der Waals surface area contributed by atoms with Gasteiger partial charge in [0.2, 0.25) is 5.95 Å². The van der Waals surface area contributed by atoms with Crippen LogP contribution >= 0.6 is 11.6 Å². The highest BCUT2D eigenvalue weighted by Crippen LogP contribution is 2.36. The van der Waals surface area contributed by atoms with Gasteiger partial charge >= 0.3 is 12.2 Å². The van der Waals surface area contributed by atoms with Crippen LogP contribution in [-0.4, -0.2) is 58.6 Å². The zero-order valence-corrected chi connectivity index (χ0v) is 22.1. The number of rotatable bonds is 6. The number of nitriles is 1. The van der Waals surface area contributed by atoms with E-state index in [1.165, 1.54) is 6.07 Å². The maximum absolute atomic E-state index is 13.1. The lowest BCUT2D eigenvalue weighted by Crippen LogP contribution is -2.47. The number of amides is 2. The van der Waals surface area contributed by atoms with E-state index in [9.17, 15) is 18.0 Å². The SMILES string of the molecule is Cc1nc(Cc2cc(NC(=O)Nc3ccc(Cl)c(C(F)(F)F)c3)ccc2C)nc(N2CCN(CC#N)CC2)n1. The zero-order chi connectivity index (χ0) is 28.2. The summed E-state index contributed by atoms with van der Waals surface area (Å²) in [5.41, 5.74) is 1.21. The summed E-state index contributed by atoms with van der Waals surface area (Å²) in [6, 6.07) is 9.94. The van der Waals surface area contributed by atoms with Gasteiger partial charge in [0.25, 0.3) is 0 Å². The maximum Gasteiger partial charge on any atom is 0.417 e. The molecule has 1 aliphatic rings. The highest BCUT2D eigenvalue weighted by Gasteiger charge is 2.33. The van der Waals surface area contributed by atoms with Crippen molar-refractivity contribution in [2.24, 2.45) is 0 Å². The van der Waals surface area contributed by atoms with Gasteiger partial charge in [-0.3, -0.25) is 4.90 Å².